The lowest BCUT2D eigenvalue weighted by Crippen LogP contribution is -2.50. The van der Waals surface area contributed by atoms with Gasteiger partial charge in [-0.15, -0.1) is 0 Å². The molecule has 0 aromatic heterocycles. The Bertz CT molecular complexity index is 261. The molecular weight excluding hydrogens is 326 g/mol. The van der Waals surface area contributed by atoms with E-state index in [0.29, 0.717) is 0 Å². The van der Waals surface area contributed by atoms with E-state index in [1.807, 2.05) is 0 Å². The number of carbonyl (C=O) groups is 1. The fourth-order valence-corrected chi connectivity index (χ4v) is 2.90. The number of quaternary nitrogens is 1. The molecule has 0 rings (SSSR count). The molecule has 0 aromatic carbocycles. The van der Waals surface area contributed by atoms with Gasteiger partial charge in [0, 0.05) is 0 Å². The molecule has 0 spiro atoms. The van der Waals surface area contributed by atoms with Gasteiger partial charge in [-0.2, -0.15) is 0 Å². The monoisotopic (exact) mass is 367 g/mol. The number of unbranched alkanes of at least 4 members (excludes halogenated alkanes) is 4. The van der Waals surface area contributed by atoms with Crippen molar-refractivity contribution in [3.05, 3.63) is 0 Å². The number of carbonyl (C=O) groups excluding carboxylic acids is 1. The molecule has 0 atom stereocenters. The Kier molecular flexibility index (Phi) is 18.1. The average molecular weight is 367 g/mol. The van der Waals surface area contributed by atoms with Crippen LogP contribution in [0.15, 0.2) is 0 Å². The number of nitrogens with zero attached hydrogens (tertiary/aromatic N) is 1. The average Bonchev–Trinajstić information content (AvgIpc) is 2.58. The van der Waals surface area contributed by atoms with Crippen molar-refractivity contribution < 1.29 is 22.2 Å². The first-order chi connectivity index (χ1) is 11.8. The van der Waals surface area contributed by atoms with Gasteiger partial charge in [-0.1, -0.05) is 59.7 Å². The first kappa shape index (κ1) is 26.7. The maximum absolute atomic E-state index is 11.1. The van der Waals surface area contributed by atoms with Gasteiger partial charge >= 0.3 is 6.98 Å². The minimum absolute atomic E-state index is 0.273. The Hall–Kier alpha value is -0.515. The Balaban J connectivity index is 0. The van der Waals surface area contributed by atoms with Gasteiger partial charge in [0.15, 0.2) is 0 Å². The van der Waals surface area contributed by atoms with Crippen LogP contribution in [-0.4, -0.2) is 43.9 Å². The lowest BCUT2D eigenvalue weighted by Gasteiger charge is -2.39. The number of aldehydes is 1. The van der Waals surface area contributed by atoms with Crippen LogP contribution in [0.2, 0.25) is 6.32 Å². The number of halogens is 3. The number of hydrogen-bond acceptors (Lipinski definition) is 1. The molecular formula is C19H41BF3NO. The molecule has 0 aliphatic carbocycles. The van der Waals surface area contributed by atoms with Crippen molar-refractivity contribution in [1.82, 2.24) is 0 Å². The molecule has 0 amide bonds. The highest BCUT2D eigenvalue weighted by molar-refractivity contribution is 6.58. The van der Waals surface area contributed by atoms with Crippen LogP contribution in [0.4, 0.5) is 12.9 Å². The van der Waals surface area contributed by atoms with Gasteiger partial charge in [-0.05, 0) is 32.1 Å². The predicted molar refractivity (Wildman–Crippen MR) is 104 cm³/mol. The lowest BCUT2D eigenvalue weighted by molar-refractivity contribution is -0.929. The Morgan fingerprint density at radius 3 is 1.20 bits per heavy atom. The van der Waals surface area contributed by atoms with Gasteiger partial charge < -0.3 is 22.2 Å². The fourth-order valence-electron chi connectivity index (χ4n) is 2.90. The maximum Gasteiger partial charge on any atom is 0.478 e. The summed E-state index contributed by atoms with van der Waals surface area (Å²) >= 11 is 0. The van der Waals surface area contributed by atoms with E-state index in [1.165, 1.54) is 82.0 Å². The third-order valence-corrected chi connectivity index (χ3v) is 4.56. The van der Waals surface area contributed by atoms with Gasteiger partial charge in [0.25, 0.3) is 0 Å². The molecule has 0 saturated heterocycles. The van der Waals surface area contributed by atoms with Crippen LogP contribution in [-0.2, 0) is 4.79 Å². The van der Waals surface area contributed by atoms with Gasteiger partial charge in [0.1, 0.15) is 6.29 Å². The second kappa shape index (κ2) is 16.9. The summed E-state index contributed by atoms with van der Waals surface area (Å²) in [6.07, 6.45) is 9.99. The SMILES string of the molecule is CCCC[N+](CCCC)(CCCC)CCCC.O=CCC[B-](F)(F)F. The quantitative estimate of drug-likeness (QED) is 0.185. The first-order valence-electron chi connectivity index (χ1n) is 10.3. The molecule has 0 aliphatic heterocycles. The Morgan fingerprint density at radius 1 is 0.720 bits per heavy atom. The predicted octanol–water partition coefficient (Wildman–Crippen LogP) is 6.43. The molecule has 0 unspecified atom stereocenters. The molecule has 0 aliphatic rings. The van der Waals surface area contributed by atoms with Crippen LogP contribution in [0.3, 0.4) is 0 Å². The third kappa shape index (κ3) is 18.1. The van der Waals surface area contributed by atoms with E-state index in [2.05, 4.69) is 27.7 Å². The Morgan fingerprint density at radius 2 is 1.04 bits per heavy atom. The topological polar surface area (TPSA) is 17.1 Å². The van der Waals surface area contributed by atoms with Gasteiger partial charge in [0.2, 0.25) is 0 Å². The molecule has 0 saturated carbocycles. The molecule has 0 radical (unpaired) electrons. The largest absolute Gasteiger partial charge is 0.478 e. The van der Waals surface area contributed by atoms with Crippen LogP contribution in [0.25, 0.3) is 0 Å². The van der Waals surface area contributed by atoms with E-state index in [-0.39, 0.29) is 6.29 Å². The lowest BCUT2D eigenvalue weighted by atomic mass is 9.85. The molecule has 2 nitrogen and oxygen atoms in total. The number of hydrogen-bond donors (Lipinski definition) is 0. The van der Waals surface area contributed by atoms with Crippen molar-refractivity contribution in [3.63, 3.8) is 0 Å². The van der Waals surface area contributed by atoms with E-state index in [1.54, 1.807) is 0 Å². The molecule has 0 N–H and O–H groups in total. The van der Waals surface area contributed by atoms with Crippen LogP contribution >= 0.6 is 0 Å². The summed E-state index contributed by atoms with van der Waals surface area (Å²) in [5.41, 5.74) is 0. The van der Waals surface area contributed by atoms with Crippen molar-refractivity contribution in [2.24, 2.45) is 0 Å². The molecule has 0 aromatic rings. The molecule has 0 heterocycles. The smallest absolute Gasteiger partial charge is 0.449 e. The highest BCUT2D eigenvalue weighted by atomic mass is 19.4. The van der Waals surface area contributed by atoms with E-state index in [4.69, 9.17) is 0 Å². The summed E-state index contributed by atoms with van der Waals surface area (Å²) < 4.78 is 34.9. The van der Waals surface area contributed by atoms with Crippen molar-refractivity contribution in [1.29, 1.82) is 0 Å². The summed E-state index contributed by atoms with van der Waals surface area (Å²) in [6, 6.07) is 0. The van der Waals surface area contributed by atoms with Crippen molar-refractivity contribution in [2.45, 2.75) is 91.8 Å². The highest BCUT2D eigenvalue weighted by Gasteiger charge is 2.24. The van der Waals surface area contributed by atoms with E-state index in [9.17, 15) is 17.7 Å². The van der Waals surface area contributed by atoms with Gasteiger partial charge in [-0.3, -0.25) is 0 Å². The first-order valence-corrected chi connectivity index (χ1v) is 10.3. The van der Waals surface area contributed by atoms with Crippen molar-refractivity contribution >= 4 is 13.3 Å². The molecule has 152 valence electrons. The minimum Gasteiger partial charge on any atom is -0.449 e. The molecule has 25 heavy (non-hydrogen) atoms. The van der Waals surface area contributed by atoms with Crippen LogP contribution in [0.1, 0.15) is 85.5 Å². The summed E-state index contributed by atoms with van der Waals surface area (Å²) in [6.45, 7) is 10.3. The summed E-state index contributed by atoms with van der Waals surface area (Å²) in [4.78, 5) is 9.36. The second-order valence-electron chi connectivity index (χ2n) is 7.10. The maximum atomic E-state index is 11.1. The zero-order valence-corrected chi connectivity index (χ0v) is 17.0. The summed E-state index contributed by atoms with van der Waals surface area (Å²) in [5.74, 6) is 0. The zero-order valence-electron chi connectivity index (χ0n) is 17.0. The van der Waals surface area contributed by atoms with Gasteiger partial charge in [0.05, 0.1) is 26.2 Å². The second-order valence-corrected chi connectivity index (χ2v) is 7.10. The number of rotatable bonds is 15. The summed E-state index contributed by atoms with van der Waals surface area (Å²) in [7, 11) is 0. The Labute approximate surface area is 154 Å². The molecule has 0 bridgehead atoms. The molecule has 0 fully saturated rings. The van der Waals surface area contributed by atoms with Crippen LogP contribution in [0.5, 0.6) is 0 Å². The van der Waals surface area contributed by atoms with Gasteiger partial charge in [-0.25, -0.2) is 0 Å². The normalized spacial score (nSPS) is 11.8. The van der Waals surface area contributed by atoms with Crippen molar-refractivity contribution in [2.75, 3.05) is 26.2 Å². The van der Waals surface area contributed by atoms with E-state index < -0.39 is 19.7 Å². The zero-order chi connectivity index (χ0) is 19.6. The highest BCUT2D eigenvalue weighted by Crippen LogP contribution is 2.16. The summed E-state index contributed by atoms with van der Waals surface area (Å²) in [5, 5.41) is 0. The fraction of sp³-hybridized carbons (Fsp3) is 0.947. The van der Waals surface area contributed by atoms with Crippen LogP contribution in [0, 0.1) is 0 Å². The third-order valence-electron chi connectivity index (χ3n) is 4.56. The minimum atomic E-state index is -4.73. The van der Waals surface area contributed by atoms with Crippen LogP contribution < -0.4 is 0 Å². The molecule has 6 heteroatoms. The van der Waals surface area contributed by atoms with Crippen molar-refractivity contribution in [3.8, 4) is 0 Å². The van der Waals surface area contributed by atoms with E-state index >= 15 is 0 Å². The van der Waals surface area contributed by atoms with E-state index in [0.717, 1.165) is 0 Å². The standard InChI is InChI=1S/C16H36N.C3H5BF3O/c1-5-9-13-17(14-10-6-2,15-11-7-3)16-12-8-4;5-4(6,7)2-1-3-8/h5-16H2,1-4H3;3H,1-2H2/q+1;-1.